The molecule has 3 N–H and O–H groups in total. The molecular formula is C24H30IN5OS. The Morgan fingerprint density at radius 3 is 2.47 bits per heavy atom. The van der Waals surface area contributed by atoms with Crippen molar-refractivity contribution in [2.75, 3.05) is 27.2 Å². The first-order chi connectivity index (χ1) is 15.1. The SMILES string of the molecule is CN=C(NCCc1cccc(C(=O)NC)c1)NCCc1csc(-c2ccc(C)cc2)n1.I. The number of carbonyl (C=O) groups excluding carboxylic acids is 1. The molecule has 0 fully saturated rings. The molecule has 6 nitrogen and oxygen atoms in total. The van der Waals surface area contributed by atoms with Crippen molar-refractivity contribution in [2.24, 2.45) is 4.99 Å². The summed E-state index contributed by atoms with van der Waals surface area (Å²) in [5.41, 5.74) is 5.27. The number of aryl methyl sites for hydroxylation is 1. The van der Waals surface area contributed by atoms with E-state index in [1.165, 1.54) is 5.56 Å². The summed E-state index contributed by atoms with van der Waals surface area (Å²) in [7, 11) is 3.40. The lowest BCUT2D eigenvalue weighted by atomic mass is 10.1. The molecule has 0 aliphatic carbocycles. The van der Waals surface area contributed by atoms with Crippen LogP contribution in [0.4, 0.5) is 0 Å². The summed E-state index contributed by atoms with van der Waals surface area (Å²) < 4.78 is 0. The number of aromatic nitrogens is 1. The summed E-state index contributed by atoms with van der Waals surface area (Å²) in [6, 6.07) is 16.1. The van der Waals surface area contributed by atoms with Crippen molar-refractivity contribution in [3.05, 3.63) is 76.3 Å². The van der Waals surface area contributed by atoms with Gasteiger partial charge in [0.2, 0.25) is 0 Å². The molecule has 1 heterocycles. The lowest BCUT2D eigenvalue weighted by Crippen LogP contribution is -2.39. The third-order valence-corrected chi connectivity index (χ3v) is 5.81. The fourth-order valence-electron chi connectivity index (χ4n) is 3.12. The lowest BCUT2D eigenvalue weighted by Gasteiger charge is -2.11. The molecule has 0 spiro atoms. The van der Waals surface area contributed by atoms with Crippen LogP contribution in [0.25, 0.3) is 10.6 Å². The second-order valence-electron chi connectivity index (χ2n) is 7.22. The Morgan fingerprint density at radius 2 is 1.78 bits per heavy atom. The van der Waals surface area contributed by atoms with Crippen molar-refractivity contribution >= 4 is 47.2 Å². The summed E-state index contributed by atoms with van der Waals surface area (Å²) in [6.07, 6.45) is 1.63. The van der Waals surface area contributed by atoms with Crippen molar-refractivity contribution in [3.63, 3.8) is 0 Å². The third kappa shape index (κ3) is 7.59. The van der Waals surface area contributed by atoms with Crippen LogP contribution in [0, 0.1) is 6.92 Å². The number of hydrogen-bond acceptors (Lipinski definition) is 4. The fraction of sp³-hybridized carbons (Fsp3) is 0.292. The van der Waals surface area contributed by atoms with Gasteiger partial charge in [0.1, 0.15) is 5.01 Å². The topological polar surface area (TPSA) is 78.4 Å². The minimum atomic E-state index is -0.0696. The number of nitrogens with zero attached hydrogens (tertiary/aromatic N) is 2. The molecule has 0 aliphatic rings. The van der Waals surface area contributed by atoms with Crippen molar-refractivity contribution in [3.8, 4) is 10.6 Å². The first kappa shape index (κ1) is 25.8. The van der Waals surface area contributed by atoms with E-state index < -0.39 is 0 Å². The van der Waals surface area contributed by atoms with Gasteiger partial charge in [0.05, 0.1) is 5.69 Å². The van der Waals surface area contributed by atoms with E-state index in [2.05, 4.69) is 57.5 Å². The van der Waals surface area contributed by atoms with Gasteiger partial charge in [-0.25, -0.2) is 4.98 Å². The van der Waals surface area contributed by atoms with Gasteiger partial charge < -0.3 is 16.0 Å². The molecule has 3 aromatic rings. The highest BCUT2D eigenvalue weighted by Gasteiger charge is 2.06. The molecular weight excluding hydrogens is 533 g/mol. The molecule has 0 radical (unpaired) electrons. The lowest BCUT2D eigenvalue weighted by molar-refractivity contribution is 0.0963. The normalized spacial score (nSPS) is 10.9. The van der Waals surface area contributed by atoms with Crippen molar-refractivity contribution in [1.29, 1.82) is 0 Å². The van der Waals surface area contributed by atoms with Crippen LogP contribution in [-0.2, 0) is 12.8 Å². The van der Waals surface area contributed by atoms with Crippen LogP contribution in [0.3, 0.4) is 0 Å². The molecule has 170 valence electrons. The van der Waals surface area contributed by atoms with Crippen molar-refractivity contribution in [1.82, 2.24) is 20.9 Å². The molecule has 0 aliphatic heterocycles. The van der Waals surface area contributed by atoms with Gasteiger partial charge in [-0.05, 0) is 31.0 Å². The molecule has 0 saturated heterocycles. The molecule has 0 bridgehead atoms. The summed E-state index contributed by atoms with van der Waals surface area (Å²) >= 11 is 1.68. The number of rotatable bonds is 8. The third-order valence-electron chi connectivity index (χ3n) is 4.87. The van der Waals surface area contributed by atoms with Gasteiger partial charge >= 0.3 is 0 Å². The summed E-state index contributed by atoms with van der Waals surface area (Å²) in [5.74, 6) is 0.691. The Balaban J connectivity index is 0.00000363. The van der Waals surface area contributed by atoms with Gasteiger partial charge in [0.15, 0.2) is 5.96 Å². The maximum absolute atomic E-state index is 11.8. The van der Waals surface area contributed by atoms with Crippen LogP contribution < -0.4 is 16.0 Å². The van der Waals surface area contributed by atoms with E-state index in [0.29, 0.717) is 5.56 Å². The number of nitrogens with one attached hydrogen (secondary N) is 3. The molecule has 0 unspecified atom stereocenters. The Bertz CT molecular complexity index is 1030. The van der Waals surface area contributed by atoms with Gasteiger partial charge in [-0.1, -0.05) is 42.0 Å². The van der Waals surface area contributed by atoms with E-state index in [0.717, 1.165) is 53.7 Å². The average Bonchev–Trinajstić information content (AvgIpc) is 3.27. The zero-order valence-electron chi connectivity index (χ0n) is 18.6. The zero-order valence-corrected chi connectivity index (χ0v) is 21.8. The predicted molar refractivity (Wildman–Crippen MR) is 144 cm³/mol. The Kier molecular flexibility index (Phi) is 10.6. The number of aliphatic imine (C=N–C) groups is 1. The van der Waals surface area contributed by atoms with Crippen LogP contribution in [0.2, 0.25) is 0 Å². The van der Waals surface area contributed by atoms with Crippen LogP contribution in [0.5, 0.6) is 0 Å². The highest BCUT2D eigenvalue weighted by molar-refractivity contribution is 14.0. The number of benzene rings is 2. The molecule has 1 aromatic heterocycles. The predicted octanol–water partition coefficient (Wildman–Crippen LogP) is 4.05. The molecule has 0 saturated carbocycles. The fourth-order valence-corrected chi connectivity index (χ4v) is 3.98. The van der Waals surface area contributed by atoms with Crippen molar-refractivity contribution in [2.45, 2.75) is 19.8 Å². The minimum absolute atomic E-state index is 0. The maximum Gasteiger partial charge on any atom is 0.251 e. The summed E-state index contributed by atoms with van der Waals surface area (Å²) in [4.78, 5) is 20.8. The number of carbonyl (C=O) groups is 1. The van der Waals surface area contributed by atoms with Crippen LogP contribution >= 0.6 is 35.3 Å². The molecule has 0 atom stereocenters. The van der Waals surface area contributed by atoms with E-state index in [4.69, 9.17) is 4.98 Å². The van der Waals surface area contributed by atoms with Gasteiger partial charge in [-0.2, -0.15) is 0 Å². The smallest absolute Gasteiger partial charge is 0.251 e. The van der Waals surface area contributed by atoms with Crippen LogP contribution in [0.15, 0.2) is 58.9 Å². The number of halogens is 1. The van der Waals surface area contributed by atoms with Crippen LogP contribution in [0.1, 0.15) is 27.2 Å². The largest absolute Gasteiger partial charge is 0.356 e. The molecule has 8 heteroatoms. The monoisotopic (exact) mass is 563 g/mol. The van der Waals surface area contributed by atoms with Crippen LogP contribution in [-0.4, -0.2) is 44.0 Å². The van der Waals surface area contributed by atoms with Crippen molar-refractivity contribution < 1.29 is 4.79 Å². The first-order valence-electron chi connectivity index (χ1n) is 10.4. The average molecular weight is 564 g/mol. The maximum atomic E-state index is 11.8. The van der Waals surface area contributed by atoms with E-state index in [1.54, 1.807) is 25.4 Å². The van der Waals surface area contributed by atoms with Gasteiger partial charge in [0, 0.05) is 50.1 Å². The molecule has 3 rings (SSSR count). The quantitative estimate of drug-likeness (QED) is 0.220. The Labute approximate surface area is 211 Å². The summed E-state index contributed by atoms with van der Waals surface area (Å²) in [5, 5.41) is 12.5. The van der Waals surface area contributed by atoms with E-state index >= 15 is 0 Å². The van der Waals surface area contributed by atoms with Gasteiger partial charge in [-0.15, -0.1) is 35.3 Å². The molecule has 1 amide bonds. The number of guanidine groups is 1. The highest BCUT2D eigenvalue weighted by atomic mass is 127. The standard InChI is InChI=1S/C24H29N5OS.HI/c1-17-7-9-19(10-8-17)23-29-21(16-31-23)12-14-28-24(26-3)27-13-11-18-5-4-6-20(15-18)22(30)25-2;/h4-10,15-16H,11-14H2,1-3H3,(H,25,30)(H2,26,27,28);1H. The van der Waals surface area contributed by atoms with E-state index in [9.17, 15) is 4.79 Å². The Morgan fingerprint density at radius 1 is 1.06 bits per heavy atom. The second-order valence-corrected chi connectivity index (χ2v) is 8.07. The zero-order chi connectivity index (χ0) is 22.1. The van der Waals surface area contributed by atoms with Gasteiger partial charge in [-0.3, -0.25) is 9.79 Å². The molecule has 2 aromatic carbocycles. The Hall–Kier alpha value is -2.46. The minimum Gasteiger partial charge on any atom is -0.356 e. The number of hydrogen-bond donors (Lipinski definition) is 3. The molecule has 32 heavy (non-hydrogen) atoms. The van der Waals surface area contributed by atoms with Gasteiger partial charge in [0.25, 0.3) is 5.91 Å². The number of amides is 1. The second kappa shape index (κ2) is 13.2. The first-order valence-corrected chi connectivity index (χ1v) is 11.2. The van der Waals surface area contributed by atoms with E-state index in [1.807, 2.05) is 24.3 Å². The number of thiazole rings is 1. The van der Waals surface area contributed by atoms with E-state index in [-0.39, 0.29) is 29.9 Å². The highest BCUT2D eigenvalue weighted by Crippen LogP contribution is 2.24. The summed E-state index contributed by atoms with van der Waals surface area (Å²) in [6.45, 7) is 3.57.